The molecule has 20 heavy (non-hydrogen) atoms. The first-order valence-corrected chi connectivity index (χ1v) is 6.86. The van der Waals surface area contributed by atoms with Crippen molar-refractivity contribution in [2.45, 2.75) is 25.3 Å². The fourth-order valence-corrected chi connectivity index (χ4v) is 2.46. The molecule has 7 nitrogen and oxygen atoms in total. The summed E-state index contributed by atoms with van der Waals surface area (Å²) in [7, 11) is 1.88. The first kappa shape index (κ1) is 13.0. The standard InChI is InChI=1S/C13H18N6O/c1-18-7-6-15-13(18)8-12(20)11-9-19(17-16-11)10-2-4-14-5-3-10/h6-7,9-10,14H,2-5,8H2,1H3. The molecule has 1 fully saturated rings. The van der Waals surface area contributed by atoms with Crippen LogP contribution >= 0.6 is 0 Å². The second kappa shape index (κ2) is 5.54. The Balaban J connectivity index is 1.69. The van der Waals surface area contributed by atoms with E-state index in [9.17, 15) is 4.79 Å². The smallest absolute Gasteiger partial charge is 0.192 e. The van der Waals surface area contributed by atoms with Gasteiger partial charge < -0.3 is 9.88 Å². The summed E-state index contributed by atoms with van der Waals surface area (Å²) in [5.41, 5.74) is 0.423. The fourth-order valence-electron chi connectivity index (χ4n) is 2.46. The summed E-state index contributed by atoms with van der Waals surface area (Å²) >= 11 is 0. The van der Waals surface area contributed by atoms with Crippen molar-refractivity contribution in [1.82, 2.24) is 29.9 Å². The maximum Gasteiger partial charge on any atom is 0.192 e. The molecule has 1 saturated heterocycles. The molecule has 2 aromatic rings. The zero-order valence-electron chi connectivity index (χ0n) is 11.5. The summed E-state index contributed by atoms with van der Waals surface area (Å²) in [4.78, 5) is 16.3. The van der Waals surface area contributed by atoms with Crippen LogP contribution in [0.5, 0.6) is 0 Å². The van der Waals surface area contributed by atoms with Crippen LogP contribution in [-0.4, -0.2) is 43.4 Å². The Kier molecular flexibility index (Phi) is 3.60. The average molecular weight is 274 g/mol. The van der Waals surface area contributed by atoms with Gasteiger partial charge in [-0.15, -0.1) is 5.10 Å². The number of imidazole rings is 1. The Labute approximate surface area is 117 Å². The predicted octanol–water partition coefficient (Wildman–Crippen LogP) is 0.361. The van der Waals surface area contributed by atoms with E-state index in [-0.39, 0.29) is 12.2 Å². The lowest BCUT2D eigenvalue weighted by molar-refractivity contribution is 0.0985. The van der Waals surface area contributed by atoms with Crippen LogP contribution in [0.15, 0.2) is 18.6 Å². The van der Waals surface area contributed by atoms with E-state index in [2.05, 4.69) is 20.6 Å². The third-order valence-electron chi connectivity index (χ3n) is 3.72. The first-order valence-electron chi connectivity index (χ1n) is 6.86. The summed E-state index contributed by atoms with van der Waals surface area (Å²) in [5, 5.41) is 11.4. The highest BCUT2D eigenvalue weighted by atomic mass is 16.1. The molecule has 1 N–H and O–H groups in total. The van der Waals surface area contributed by atoms with Gasteiger partial charge in [0.25, 0.3) is 0 Å². The van der Waals surface area contributed by atoms with Crippen molar-refractivity contribution in [2.75, 3.05) is 13.1 Å². The Morgan fingerprint density at radius 2 is 2.25 bits per heavy atom. The number of aryl methyl sites for hydroxylation is 1. The summed E-state index contributed by atoms with van der Waals surface area (Å²) in [5.74, 6) is 0.700. The van der Waals surface area contributed by atoms with Gasteiger partial charge in [-0.1, -0.05) is 5.21 Å². The molecule has 0 aliphatic carbocycles. The molecule has 0 spiro atoms. The molecule has 0 amide bonds. The zero-order chi connectivity index (χ0) is 13.9. The Bertz CT molecular complexity index is 596. The van der Waals surface area contributed by atoms with E-state index in [1.165, 1.54) is 0 Å². The Hall–Kier alpha value is -2.02. The third kappa shape index (κ3) is 2.62. The van der Waals surface area contributed by atoms with E-state index in [1.54, 1.807) is 12.4 Å². The van der Waals surface area contributed by atoms with Gasteiger partial charge in [-0.2, -0.15) is 0 Å². The van der Waals surface area contributed by atoms with E-state index in [4.69, 9.17) is 0 Å². The number of nitrogens with zero attached hydrogens (tertiary/aromatic N) is 5. The van der Waals surface area contributed by atoms with Crippen LogP contribution in [0, 0.1) is 0 Å². The van der Waals surface area contributed by atoms with Crippen LogP contribution in [-0.2, 0) is 13.5 Å². The van der Waals surface area contributed by atoms with Crippen molar-refractivity contribution in [3.8, 4) is 0 Å². The van der Waals surface area contributed by atoms with E-state index < -0.39 is 0 Å². The summed E-state index contributed by atoms with van der Waals surface area (Å²) in [6.07, 6.45) is 7.59. The number of rotatable bonds is 4. The van der Waals surface area contributed by atoms with Crippen LogP contribution < -0.4 is 5.32 Å². The molecule has 0 radical (unpaired) electrons. The topological polar surface area (TPSA) is 77.6 Å². The lowest BCUT2D eigenvalue weighted by Gasteiger charge is -2.22. The second-order valence-corrected chi connectivity index (χ2v) is 5.12. The number of hydrogen-bond acceptors (Lipinski definition) is 5. The number of nitrogens with one attached hydrogen (secondary N) is 1. The molecular weight excluding hydrogens is 256 g/mol. The van der Waals surface area contributed by atoms with Crippen molar-refractivity contribution in [3.05, 3.63) is 30.1 Å². The fraction of sp³-hybridized carbons (Fsp3) is 0.538. The molecule has 106 valence electrons. The van der Waals surface area contributed by atoms with E-state index in [0.717, 1.165) is 31.8 Å². The second-order valence-electron chi connectivity index (χ2n) is 5.12. The molecule has 3 rings (SSSR count). The van der Waals surface area contributed by atoms with Crippen LogP contribution in [0.4, 0.5) is 0 Å². The highest BCUT2D eigenvalue weighted by Crippen LogP contribution is 2.17. The maximum atomic E-state index is 12.2. The predicted molar refractivity (Wildman–Crippen MR) is 72.4 cm³/mol. The van der Waals surface area contributed by atoms with Gasteiger partial charge in [0.15, 0.2) is 5.78 Å². The van der Waals surface area contributed by atoms with Gasteiger partial charge in [0, 0.05) is 19.4 Å². The molecule has 1 aliphatic rings. The quantitative estimate of drug-likeness (QED) is 0.815. The minimum absolute atomic E-state index is 0.0421. The monoisotopic (exact) mass is 274 g/mol. The average Bonchev–Trinajstić information content (AvgIpc) is 3.10. The van der Waals surface area contributed by atoms with Crippen LogP contribution in [0.3, 0.4) is 0 Å². The Morgan fingerprint density at radius 3 is 2.95 bits per heavy atom. The van der Waals surface area contributed by atoms with Gasteiger partial charge in [0.2, 0.25) is 0 Å². The molecule has 3 heterocycles. The number of carbonyl (C=O) groups is 1. The highest BCUT2D eigenvalue weighted by Gasteiger charge is 2.19. The number of aromatic nitrogens is 5. The molecule has 0 atom stereocenters. The van der Waals surface area contributed by atoms with Crippen molar-refractivity contribution in [2.24, 2.45) is 7.05 Å². The number of ketones is 1. The SMILES string of the molecule is Cn1ccnc1CC(=O)c1cn(C2CCNCC2)nn1. The van der Waals surface area contributed by atoms with Crippen molar-refractivity contribution >= 4 is 5.78 Å². The highest BCUT2D eigenvalue weighted by molar-refractivity contribution is 5.95. The molecule has 0 aromatic carbocycles. The lowest BCUT2D eigenvalue weighted by Crippen LogP contribution is -2.29. The van der Waals surface area contributed by atoms with Crippen molar-refractivity contribution in [1.29, 1.82) is 0 Å². The van der Waals surface area contributed by atoms with Crippen LogP contribution in [0.1, 0.15) is 35.2 Å². The van der Waals surface area contributed by atoms with Gasteiger partial charge in [-0.25, -0.2) is 9.67 Å². The van der Waals surface area contributed by atoms with Crippen molar-refractivity contribution in [3.63, 3.8) is 0 Å². The van der Waals surface area contributed by atoms with E-state index in [0.29, 0.717) is 11.7 Å². The van der Waals surface area contributed by atoms with Gasteiger partial charge >= 0.3 is 0 Å². The minimum Gasteiger partial charge on any atom is -0.338 e. The normalized spacial score (nSPS) is 16.4. The van der Waals surface area contributed by atoms with Crippen molar-refractivity contribution < 1.29 is 4.79 Å². The van der Waals surface area contributed by atoms with Gasteiger partial charge in [-0.05, 0) is 25.9 Å². The molecular formula is C13H18N6O. The summed E-state index contributed by atoms with van der Waals surface area (Å²) in [6, 6.07) is 0.346. The maximum absolute atomic E-state index is 12.2. The number of hydrogen-bond donors (Lipinski definition) is 1. The first-order chi connectivity index (χ1) is 9.74. The molecule has 0 unspecified atom stereocenters. The van der Waals surface area contributed by atoms with Crippen LogP contribution in [0.25, 0.3) is 0 Å². The molecule has 2 aromatic heterocycles. The van der Waals surface area contributed by atoms with Gasteiger partial charge in [-0.3, -0.25) is 4.79 Å². The molecule has 0 saturated carbocycles. The number of Topliss-reactive ketones (excluding diaryl/α,β-unsaturated/α-hetero) is 1. The lowest BCUT2D eigenvalue weighted by atomic mass is 10.1. The zero-order valence-corrected chi connectivity index (χ0v) is 11.5. The molecule has 7 heteroatoms. The van der Waals surface area contributed by atoms with Crippen LogP contribution in [0.2, 0.25) is 0 Å². The van der Waals surface area contributed by atoms with E-state index >= 15 is 0 Å². The number of piperidine rings is 1. The number of carbonyl (C=O) groups excluding carboxylic acids is 1. The largest absolute Gasteiger partial charge is 0.338 e. The third-order valence-corrected chi connectivity index (χ3v) is 3.72. The summed E-state index contributed by atoms with van der Waals surface area (Å²) in [6.45, 7) is 1.97. The van der Waals surface area contributed by atoms with Gasteiger partial charge in [0.05, 0.1) is 18.7 Å². The Morgan fingerprint density at radius 1 is 1.45 bits per heavy atom. The molecule has 1 aliphatic heterocycles. The van der Waals surface area contributed by atoms with Gasteiger partial charge in [0.1, 0.15) is 11.5 Å². The van der Waals surface area contributed by atoms with E-state index in [1.807, 2.05) is 22.5 Å². The minimum atomic E-state index is -0.0421. The molecule has 0 bridgehead atoms. The summed E-state index contributed by atoms with van der Waals surface area (Å²) < 4.78 is 3.67.